The summed E-state index contributed by atoms with van der Waals surface area (Å²) in [6, 6.07) is 6.60. The van der Waals surface area contributed by atoms with Gasteiger partial charge in [-0.05, 0) is 30.7 Å². The van der Waals surface area contributed by atoms with Crippen molar-refractivity contribution in [2.24, 2.45) is 0 Å². The second-order valence-corrected chi connectivity index (χ2v) is 4.31. The number of aromatic nitrogens is 1. The molecule has 5 heteroatoms. The second kappa shape index (κ2) is 6.38. The van der Waals surface area contributed by atoms with Crippen LogP contribution in [0.4, 0.5) is 10.1 Å². The van der Waals surface area contributed by atoms with Gasteiger partial charge in [-0.1, -0.05) is 11.6 Å². The topological polar surface area (TPSA) is 34.1 Å². The minimum absolute atomic E-state index is 0.259. The van der Waals surface area contributed by atoms with E-state index in [1.807, 2.05) is 13.0 Å². The average molecular weight is 281 g/mol. The number of rotatable bonds is 5. The third kappa shape index (κ3) is 3.58. The molecule has 0 saturated heterocycles. The third-order valence-electron chi connectivity index (χ3n) is 2.57. The number of nitrogens with one attached hydrogen (secondary N) is 1. The number of hydrogen-bond donors (Lipinski definition) is 1. The Kier molecular flexibility index (Phi) is 4.58. The zero-order chi connectivity index (χ0) is 13.7. The van der Waals surface area contributed by atoms with Gasteiger partial charge in [-0.2, -0.15) is 0 Å². The zero-order valence-corrected chi connectivity index (χ0v) is 11.2. The molecule has 0 unspecified atom stereocenters. The van der Waals surface area contributed by atoms with Gasteiger partial charge >= 0.3 is 0 Å². The summed E-state index contributed by atoms with van der Waals surface area (Å²) in [5.74, 6) is -0.123. The highest BCUT2D eigenvalue weighted by Gasteiger charge is 2.05. The van der Waals surface area contributed by atoms with Gasteiger partial charge in [0.05, 0.1) is 11.6 Å². The minimum Gasteiger partial charge on any atom is -0.491 e. The molecule has 2 rings (SSSR count). The predicted octanol–water partition coefficient (Wildman–Crippen LogP) is 3.88. The van der Waals surface area contributed by atoms with Crippen molar-refractivity contribution in [3.05, 3.63) is 53.1 Å². The van der Waals surface area contributed by atoms with Gasteiger partial charge in [0.15, 0.2) is 11.6 Å². The Morgan fingerprint density at radius 3 is 2.89 bits per heavy atom. The van der Waals surface area contributed by atoms with E-state index >= 15 is 0 Å². The minimum atomic E-state index is -0.382. The summed E-state index contributed by atoms with van der Waals surface area (Å²) in [5, 5.41) is 3.69. The lowest BCUT2D eigenvalue weighted by Gasteiger charge is -2.10. The van der Waals surface area contributed by atoms with Crippen LogP contribution < -0.4 is 10.1 Å². The fraction of sp³-hybridized carbons (Fsp3) is 0.214. The summed E-state index contributed by atoms with van der Waals surface area (Å²) in [5.41, 5.74) is 1.58. The van der Waals surface area contributed by atoms with Crippen LogP contribution >= 0.6 is 11.6 Å². The van der Waals surface area contributed by atoms with E-state index in [4.69, 9.17) is 16.3 Å². The number of halogens is 2. The van der Waals surface area contributed by atoms with Gasteiger partial charge in [-0.3, -0.25) is 4.98 Å². The molecule has 100 valence electrons. The molecule has 3 nitrogen and oxygen atoms in total. The number of ether oxygens (including phenoxy) is 1. The van der Waals surface area contributed by atoms with Crippen molar-refractivity contribution in [2.45, 2.75) is 13.5 Å². The summed E-state index contributed by atoms with van der Waals surface area (Å²) in [6.45, 7) is 2.77. The summed E-state index contributed by atoms with van der Waals surface area (Å²) in [4.78, 5) is 3.91. The fourth-order valence-electron chi connectivity index (χ4n) is 1.63. The Labute approximate surface area is 116 Å². The molecule has 0 aliphatic rings. The molecule has 0 atom stereocenters. The van der Waals surface area contributed by atoms with E-state index in [1.165, 1.54) is 6.07 Å². The smallest absolute Gasteiger partial charge is 0.167 e. The second-order valence-electron chi connectivity index (χ2n) is 3.90. The lowest BCUT2D eigenvalue weighted by Crippen LogP contribution is -2.01. The average Bonchev–Trinajstić information content (AvgIpc) is 2.41. The standard InChI is InChI=1S/C14H14ClFN2O/c1-2-19-14-4-3-11(7-13(14)16)18-8-10-5-6-17-9-12(10)15/h3-7,9,18H,2,8H2,1H3. The fourth-order valence-corrected chi connectivity index (χ4v) is 1.81. The maximum Gasteiger partial charge on any atom is 0.167 e. The van der Waals surface area contributed by atoms with Crippen LogP contribution in [0.2, 0.25) is 5.02 Å². The molecule has 0 aliphatic carbocycles. The van der Waals surface area contributed by atoms with E-state index in [9.17, 15) is 4.39 Å². The van der Waals surface area contributed by atoms with Crippen LogP contribution in [0, 0.1) is 5.82 Å². The van der Waals surface area contributed by atoms with Crippen molar-refractivity contribution in [1.82, 2.24) is 4.98 Å². The number of hydrogen-bond acceptors (Lipinski definition) is 3. The summed E-state index contributed by atoms with van der Waals surface area (Å²) in [7, 11) is 0. The van der Waals surface area contributed by atoms with E-state index in [1.54, 1.807) is 24.5 Å². The van der Waals surface area contributed by atoms with Gasteiger partial charge < -0.3 is 10.1 Å². The monoisotopic (exact) mass is 280 g/mol. The Balaban J connectivity index is 2.04. The van der Waals surface area contributed by atoms with Crippen LogP contribution in [0.5, 0.6) is 5.75 Å². The molecule has 0 amide bonds. The molecular formula is C14H14ClFN2O. The zero-order valence-electron chi connectivity index (χ0n) is 10.5. The van der Waals surface area contributed by atoms with E-state index in [0.29, 0.717) is 23.9 Å². The molecule has 0 saturated carbocycles. The molecule has 0 fully saturated rings. The molecule has 2 aromatic rings. The Bertz CT molecular complexity index is 563. The van der Waals surface area contributed by atoms with Gasteiger partial charge in [0.25, 0.3) is 0 Å². The van der Waals surface area contributed by atoms with Crippen molar-refractivity contribution in [2.75, 3.05) is 11.9 Å². The molecule has 0 aliphatic heterocycles. The Morgan fingerprint density at radius 2 is 2.21 bits per heavy atom. The summed E-state index contributed by atoms with van der Waals surface area (Å²) >= 11 is 5.99. The molecule has 1 N–H and O–H groups in total. The Morgan fingerprint density at radius 1 is 1.37 bits per heavy atom. The number of benzene rings is 1. The van der Waals surface area contributed by atoms with Crippen molar-refractivity contribution < 1.29 is 9.13 Å². The van der Waals surface area contributed by atoms with Crippen LogP contribution in [-0.2, 0) is 6.54 Å². The third-order valence-corrected chi connectivity index (χ3v) is 2.91. The largest absolute Gasteiger partial charge is 0.491 e. The van der Waals surface area contributed by atoms with Gasteiger partial charge in [-0.25, -0.2) is 4.39 Å². The van der Waals surface area contributed by atoms with Crippen molar-refractivity contribution in [3.63, 3.8) is 0 Å². The molecule has 1 heterocycles. The number of pyridine rings is 1. The van der Waals surface area contributed by atoms with Crippen molar-refractivity contribution in [3.8, 4) is 5.75 Å². The van der Waals surface area contributed by atoms with Gasteiger partial charge in [0.2, 0.25) is 0 Å². The molecule has 0 bridgehead atoms. The summed E-state index contributed by atoms with van der Waals surface area (Å²) in [6.07, 6.45) is 3.25. The highest BCUT2D eigenvalue weighted by Crippen LogP contribution is 2.22. The van der Waals surface area contributed by atoms with Crippen molar-refractivity contribution >= 4 is 17.3 Å². The van der Waals surface area contributed by atoms with Crippen LogP contribution in [0.15, 0.2) is 36.7 Å². The molecule has 1 aromatic heterocycles. The Hall–Kier alpha value is -1.81. The first-order valence-corrected chi connectivity index (χ1v) is 6.33. The first kappa shape index (κ1) is 13.6. The first-order chi connectivity index (χ1) is 9.20. The van der Waals surface area contributed by atoms with Crippen LogP contribution in [0.1, 0.15) is 12.5 Å². The maximum absolute atomic E-state index is 13.6. The highest BCUT2D eigenvalue weighted by molar-refractivity contribution is 6.31. The number of anilines is 1. The molecule has 1 aromatic carbocycles. The molecule has 0 spiro atoms. The SMILES string of the molecule is CCOc1ccc(NCc2ccncc2Cl)cc1F. The van der Waals surface area contributed by atoms with E-state index in [0.717, 1.165) is 5.56 Å². The van der Waals surface area contributed by atoms with Crippen LogP contribution in [0.25, 0.3) is 0 Å². The van der Waals surface area contributed by atoms with E-state index < -0.39 is 0 Å². The van der Waals surface area contributed by atoms with Gasteiger partial charge in [-0.15, -0.1) is 0 Å². The lowest BCUT2D eigenvalue weighted by atomic mass is 10.2. The van der Waals surface area contributed by atoms with Crippen molar-refractivity contribution in [1.29, 1.82) is 0 Å². The van der Waals surface area contributed by atoms with E-state index in [-0.39, 0.29) is 11.6 Å². The maximum atomic E-state index is 13.6. The molecule has 0 radical (unpaired) electrons. The quantitative estimate of drug-likeness (QED) is 0.902. The molecular weight excluding hydrogens is 267 g/mol. The van der Waals surface area contributed by atoms with E-state index in [2.05, 4.69) is 10.3 Å². The lowest BCUT2D eigenvalue weighted by molar-refractivity contribution is 0.321. The van der Waals surface area contributed by atoms with Crippen LogP contribution in [0.3, 0.4) is 0 Å². The summed E-state index contributed by atoms with van der Waals surface area (Å²) < 4.78 is 18.8. The van der Waals surface area contributed by atoms with Gasteiger partial charge in [0.1, 0.15) is 0 Å². The van der Waals surface area contributed by atoms with Gasteiger partial charge in [0, 0.05) is 30.7 Å². The first-order valence-electron chi connectivity index (χ1n) is 5.95. The molecule has 19 heavy (non-hydrogen) atoms. The highest BCUT2D eigenvalue weighted by atomic mass is 35.5. The normalized spacial score (nSPS) is 10.3. The predicted molar refractivity (Wildman–Crippen MR) is 74.1 cm³/mol. The number of nitrogens with zero attached hydrogens (tertiary/aromatic N) is 1. The van der Waals surface area contributed by atoms with Crippen LogP contribution in [-0.4, -0.2) is 11.6 Å².